The molecule has 5 N–H and O–H groups in total. The van der Waals surface area contributed by atoms with Crippen LogP contribution in [0.3, 0.4) is 0 Å². The fourth-order valence-corrected chi connectivity index (χ4v) is 1.85. The van der Waals surface area contributed by atoms with E-state index in [1.54, 1.807) is 24.3 Å². The van der Waals surface area contributed by atoms with E-state index in [0.717, 1.165) is 0 Å². The van der Waals surface area contributed by atoms with Crippen molar-refractivity contribution in [1.82, 2.24) is 0 Å². The minimum absolute atomic E-state index is 0.238. The highest BCUT2D eigenvalue weighted by molar-refractivity contribution is 6.33. The van der Waals surface area contributed by atoms with Crippen molar-refractivity contribution in [1.29, 1.82) is 0 Å². The van der Waals surface area contributed by atoms with E-state index < -0.39 is 11.8 Å². The van der Waals surface area contributed by atoms with Gasteiger partial charge in [0.05, 0.1) is 22.0 Å². The molecular formula is C14H12ClN3O2. The highest BCUT2D eigenvalue weighted by Gasteiger charge is 2.12. The lowest BCUT2D eigenvalue weighted by Gasteiger charge is -2.09. The Balaban J connectivity index is 2.28. The number of hydrogen-bond donors (Lipinski definition) is 3. The maximum absolute atomic E-state index is 12.1. The van der Waals surface area contributed by atoms with Crippen molar-refractivity contribution in [2.45, 2.75) is 0 Å². The molecule has 0 aromatic heterocycles. The molecule has 6 heteroatoms. The number of primary amides is 1. The summed E-state index contributed by atoms with van der Waals surface area (Å²) >= 11 is 5.86. The summed E-state index contributed by atoms with van der Waals surface area (Å²) in [5.74, 6) is -1.02. The Morgan fingerprint density at radius 3 is 2.45 bits per heavy atom. The molecule has 2 rings (SSSR count). The van der Waals surface area contributed by atoms with Gasteiger partial charge in [-0.05, 0) is 30.3 Å². The second-order valence-corrected chi connectivity index (χ2v) is 4.51. The first-order valence-electron chi connectivity index (χ1n) is 5.74. The number of hydrogen-bond acceptors (Lipinski definition) is 3. The van der Waals surface area contributed by atoms with Gasteiger partial charge in [0.2, 0.25) is 0 Å². The van der Waals surface area contributed by atoms with Crippen LogP contribution < -0.4 is 16.8 Å². The van der Waals surface area contributed by atoms with Crippen LogP contribution in [0.25, 0.3) is 0 Å². The van der Waals surface area contributed by atoms with Gasteiger partial charge in [-0.3, -0.25) is 9.59 Å². The second kappa shape index (κ2) is 5.63. The Morgan fingerprint density at radius 2 is 1.80 bits per heavy atom. The number of benzene rings is 2. The molecule has 2 aromatic carbocycles. The molecule has 0 radical (unpaired) electrons. The highest BCUT2D eigenvalue weighted by Crippen LogP contribution is 2.21. The molecule has 0 aliphatic heterocycles. The number of halogens is 1. The van der Waals surface area contributed by atoms with Crippen LogP contribution >= 0.6 is 11.6 Å². The SMILES string of the molecule is NC(=O)c1ccccc1NC(=O)c1ccc(N)c(Cl)c1. The van der Waals surface area contributed by atoms with E-state index in [1.165, 1.54) is 18.2 Å². The Bertz CT molecular complexity index is 686. The van der Waals surface area contributed by atoms with E-state index in [4.69, 9.17) is 23.1 Å². The van der Waals surface area contributed by atoms with Crippen molar-refractivity contribution in [3.05, 3.63) is 58.6 Å². The Morgan fingerprint density at radius 1 is 1.10 bits per heavy atom. The number of para-hydroxylation sites is 1. The molecule has 0 saturated heterocycles. The molecule has 0 atom stereocenters. The number of rotatable bonds is 3. The Labute approximate surface area is 120 Å². The number of anilines is 2. The van der Waals surface area contributed by atoms with Crippen molar-refractivity contribution in [3.8, 4) is 0 Å². The molecule has 102 valence electrons. The van der Waals surface area contributed by atoms with Crippen LogP contribution in [-0.4, -0.2) is 11.8 Å². The number of carbonyl (C=O) groups excluding carboxylic acids is 2. The Kier molecular flexibility index (Phi) is 3.91. The van der Waals surface area contributed by atoms with Crippen LogP contribution in [0.4, 0.5) is 11.4 Å². The molecule has 0 aliphatic carbocycles. The van der Waals surface area contributed by atoms with Gasteiger partial charge in [-0.25, -0.2) is 0 Å². The molecule has 0 aliphatic rings. The van der Waals surface area contributed by atoms with E-state index in [1.807, 2.05) is 0 Å². The van der Waals surface area contributed by atoms with Crippen molar-refractivity contribution >= 4 is 34.8 Å². The zero-order valence-corrected chi connectivity index (χ0v) is 11.1. The lowest BCUT2D eigenvalue weighted by molar-refractivity contribution is 0.100. The number of carbonyl (C=O) groups is 2. The predicted molar refractivity (Wildman–Crippen MR) is 78.8 cm³/mol. The summed E-state index contributed by atoms with van der Waals surface area (Å²) in [4.78, 5) is 23.4. The molecule has 2 aromatic rings. The molecule has 20 heavy (non-hydrogen) atoms. The molecule has 0 spiro atoms. The minimum atomic E-state index is -0.615. The molecule has 0 bridgehead atoms. The monoisotopic (exact) mass is 289 g/mol. The zero-order chi connectivity index (χ0) is 14.7. The van der Waals surface area contributed by atoms with E-state index in [2.05, 4.69) is 5.32 Å². The quantitative estimate of drug-likeness (QED) is 0.756. The summed E-state index contributed by atoms with van der Waals surface area (Å²) < 4.78 is 0. The maximum Gasteiger partial charge on any atom is 0.255 e. The smallest absolute Gasteiger partial charge is 0.255 e. The summed E-state index contributed by atoms with van der Waals surface area (Å²) in [7, 11) is 0. The molecule has 0 unspecified atom stereocenters. The molecule has 5 nitrogen and oxygen atoms in total. The number of nitrogens with two attached hydrogens (primary N) is 2. The summed E-state index contributed by atoms with van der Waals surface area (Å²) in [6.07, 6.45) is 0. The van der Waals surface area contributed by atoms with Gasteiger partial charge in [0, 0.05) is 5.56 Å². The highest BCUT2D eigenvalue weighted by atomic mass is 35.5. The topological polar surface area (TPSA) is 98.2 Å². The molecule has 0 heterocycles. The second-order valence-electron chi connectivity index (χ2n) is 4.10. The van der Waals surface area contributed by atoms with Gasteiger partial charge >= 0.3 is 0 Å². The molecule has 0 saturated carbocycles. The summed E-state index contributed by atoms with van der Waals surface area (Å²) in [6.45, 7) is 0. The van der Waals surface area contributed by atoms with Gasteiger partial charge < -0.3 is 16.8 Å². The average molecular weight is 290 g/mol. The number of amides is 2. The predicted octanol–water partition coefficient (Wildman–Crippen LogP) is 2.27. The van der Waals surface area contributed by atoms with E-state index >= 15 is 0 Å². The first kappa shape index (κ1) is 13.9. The van der Waals surface area contributed by atoms with Crippen molar-refractivity contribution in [3.63, 3.8) is 0 Å². The van der Waals surface area contributed by atoms with Gasteiger partial charge in [0.15, 0.2) is 0 Å². The molecule has 0 fully saturated rings. The zero-order valence-electron chi connectivity index (χ0n) is 10.4. The van der Waals surface area contributed by atoms with Gasteiger partial charge in [0.1, 0.15) is 0 Å². The fraction of sp³-hybridized carbons (Fsp3) is 0. The molecule has 2 amide bonds. The number of nitrogens with one attached hydrogen (secondary N) is 1. The van der Waals surface area contributed by atoms with Crippen molar-refractivity contribution in [2.75, 3.05) is 11.1 Å². The lowest BCUT2D eigenvalue weighted by atomic mass is 10.1. The van der Waals surface area contributed by atoms with Crippen LogP contribution in [0.2, 0.25) is 5.02 Å². The van der Waals surface area contributed by atoms with Crippen molar-refractivity contribution < 1.29 is 9.59 Å². The standard InChI is InChI=1S/C14H12ClN3O2/c15-10-7-8(5-6-11(10)16)14(20)18-12-4-2-1-3-9(12)13(17)19/h1-7H,16H2,(H2,17,19)(H,18,20). The third-order valence-corrected chi connectivity index (χ3v) is 3.03. The molecular weight excluding hydrogens is 278 g/mol. The van der Waals surface area contributed by atoms with E-state index in [9.17, 15) is 9.59 Å². The summed E-state index contributed by atoms with van der Waals surface area (Å²) in [5, 5.41) is 2.91. The van der Waals surface area contributed by atoms with Crippen LogP contribution in [0.15, 0.2) is 42.5 Å². The van der Waals surface area contributed by atoms with Gasteiger partial charge in [-0.2, -0.15) is 0 Å². The minimum Gasteiger partial charge on any atom is -0.398 e. The van der Waals surface area contributed by atoms with Gasteiger partial charge in [-0.15, -0.1) is 0 Å². The largest absolute Gasteiger partial charge is 0.398 e. The normalized spacial score (nSPS) is 10.1. The maximum atomic E-state index is 12.1. The van der Waals surface area contributed by atoms with Crippen LogP contribution in [0.5, 0.6) is 0 Å². The Hall–Kier alpha value is -2.53. The summed E-state index contributed by atoms with van der Waals surface area (Å²) in [6, 6.07) is 11.0. The van der Waals surface area contributed by atoms with E-state index in [-0.39, 0.29) is 5.56 Å². The summed E-state index contributed by atoms with van der Waals surface area (Å²) in [5.41, 5.74) is 12.1. The van der Waals surface area contributed by atoms with Crippen molar-refractivity contribution in [2.24, 2.45) is 5.73 Å². The fourth-order valence-electron chi connectivity index (χ4n) is 1.67. The van der Waals surface area contributed by atoms with E-state index in [0.29, 0.717) is 22.0 Å². The van der Waals surface area contributed by atoms with Crippen LogP contribution in [0, 0.1) is 0 Å². The third kappa shape index (κ3) is 2.89. The van der Waals surface area contributed by atoms with Gasteiger partial charge in [-0.1, -0.05) is 23.7 Å². The first-order valence-corrected chi connectivity index (χ1v) is 6.12. The first-order chi connectivity index (χ1) is 9.49. The third-order valence-electron chi connectivity index (χ3n) is 2.70. The average Bonchev–Trinajstić information content (AvgIpc) is 2.42. The van der Waals surface area contributed by atoms with Crippen LogP contribution in [0.1, 0.15) is 20.7 Å². The lowest BCUT2D eigenvalue weighted by Crippen LogP contribution is -2.18. The van der Waals surface area contributed by atoms with Gasteiger partial charge in [0.25, 0.3) is 11.8 Å². The van der Waals surface area contributed by atoms with Crippen LogP contribution in [-0.2, 0) is 0 Å². The number of nitrogen functional groups attached to an aromatic ring is 1.